The predicted molar refractivity (Wildman–Crippen MR) is 73.5 cm³/mol. The molecule has 1 atom stereocenters. The van der Waals surface area contributed by atoms with Crippen molar-refractivity contribution in [3.05, 3.63) is 53.7 Å². The van der Waals surface area contributed by atoms with Gasteiger partial charge in [0, 0.05) is 18.4 Å². The molecule has 0 bridgehead atoms. The molecule has 1 aromatic carbocycles. The maximum Gasteiger partial charge on any atom is 0.417 e. The van der Waals surface area contributed by atoms with Crippen LogP contribution in [0.3, 0.4) is 0 Å². The van der Waals surface area contributed by atoms with Gasteiger partial charge < -0.3 is 16.2 Å². The second-order valence-corrected chi connectivity index (χ2v) is 4.49. The zero-order valence-corrected chi connectivity index (χ0v) is 10.9. The minimum Gasteiger partial charge on any atom is -0.399 e. The monoisotopic (exact) mass is 297 g/mol. The lowest BCUT2D eigenvalue weighted by atomic mass is 10.1. The molecule has 2 rings (SSSR count). The van der Waals surface area contributed by atoms with E-state index in [-0.39, 0.29) is 12.4 Å². The van der Waals surface area contributed by atoms with E-state index in [2.05, 4.69) is 10.3 Å². The molecule has 0 aliphatic heterocycles. The van der Waals surface area contributed by atoms with Crippen LogP contribution in [-0.4, -0.2) is 16.6 Å². The van der Waals surface area contributed by atoms with E-state index in [1.54, 1.807) is 24.3 Å². The largest absolute Gasteiger partial charge is 0.417 e. The standard InChI is InChI=1S/C14H14F3N3O/c15-14(16,17)10-3-6-13(19-7-10)20-8-12(21)9-1-4-11(18)5-2-9/h1-7,12,21H,8,18H2,(H,19,20). The first-order valence-electron chi connectivity index (χ1n) is 6.17. The van der Waals surface area contributed by atoms with Crippen LogP contribution in [0.25, 0.3) is 0 Å². The van der Waals surface area contributed by atoms with Gasteiger partial charge in [-0.3, -0.25) is 0 Å². The highest BCUT2D eigenvalue weighted by Gasteiger charge is 2.30. The summed E-state index contributed by atoms with van der Waals surface area (Å²) in [5.41, 5.74) is 5.97. The van der Waals surface area contributed by atoms with Gasteiger partial charge in [0.05, 0.1) is 11.7 Å². The van der Waals surface area contributed by atoms with E-state index >= 15 is 0 Å². The Morgan fingerprint density at radius 2 is 1.81 bits per heavy atom. The Bertz CT molecular complexity index is 582. The number of halogens is 3. The normalized spacial score (nSPS) is 13.0. The van der Waals surface area contributed by atoms with Gasteiger partial charge in [-0.05, 0) is 29.8 Å². The van der Waals surface area contributed by atoms with E-state index in [1.165, 1.54) is 6.07 Å². The van der Waals surface area contributed by atoms with E-state index in [4.69, 9.17) is 5.73 Å². The maximum atomic E-state index is 12.4. The molecule has 1 unspecified atom stereocenters. The van der Waals surface area contributed by atoms with Crippen molar-refractivity contribution >= 4 is 11.5 Å². The first-order chi connectivity index (χ1) is 9.86. The fourth-order valence-electron chi connectivity index (χ4n) is 1.70. The zero-order chi connectivity index (χ0) is 15.5. The number of aliphatic hydroxyl groups is 1. The molecule has 0 spiro atoms. The summed E-state index contributed by atoms with van der Waals surface area (Å²) in [6.45, 7) is 0.127. The smallest absolute Gasteiger partial charge is 0.399 e. The number of nitrogens with one attached hydrogen (secondary N) is 1. The van der Waals surface area contributed by atoms with Crippen molar-refractivity contribution in [3.8, 4) is 0 Å². The molecule has 0 radical (unpaired) electrons. The molecule has 4 N–H and O–H groups in total. The van der Waals surface area contributed by atoms with E-state index in [1.807, 2.05) is 0 Å². The Kier molecular flexibility index (Phi) is 4.32. The molecule has 0 saturated heterocycles. The van der Waals surface area contributed by atoms with Gasteiger partial charge in [-0.1, -0.05) is 12.1 Å². The van der Waals surface area contributed by atoms with Crippen molar-refractivity contribution < 1.29 is 18.3 Å². The molecule has 1 aromatic heterocycles. The highest BCUT2D eigenvalue weighted by Crippen LogP contribution is 2.28. The number of nitrogens with two attached hydrogens (primary N) is 1. The lowest BCUT2D eigenvalue weighted by Gasteiger charge is -2.13. The molecule has 2 aromatic rings. The van der Waals surface area contributed by atoms with Crippen LogP contribution in [0.2, 0.25) is 0 Å². The fourth-order valence-corrected chi connectivity index (χ4v) is 1.70. The molecule has 4 nitrogen and oxygen atoms in total. The van der Waals surface area contributed by atoms with Gasteiger partial charge >= 0.3 is 6.18 Å². The summed E-state index contributed by atoms with van der Waals surface area (Å²) in [5, 5.41) is 12.7. The summed E-state index contributed by atoms with van der Waals surface area (Å²) < 4.78 is 37.1. The number of aromatic nitrogens is 1. The van der Waals surface area contributed by atoms with Crippen molar-refractivity contribution in [2.45, 2.75) is 12.3 Å². The topological polar surface area (TPSA) is 71.2 Å². The van der Waals surface area contributed by atoms with Gasteiger partial charge in [-0.25, -0.2) is 4.98 Å². The average molecular weight is 297 g/mol. The van der Waals surface area contributed by atoms with Crippen molar-refractivity contribution in [1.29, 1.82) is 0 Å². The van der Waals surface area contributed by atoms with E-state index in [0.29, 0.717) is 11.3 Å². The highest BCUT2D eigenvalue weighted by molar-refractivity contribution is 5.41. The Hall–Kier alpha value is -2.28. The van der Waals surface area contributed by atoms with Crippen LogP contribution in [0.4, 0.5) is 24.7 Å². The number of nitrogen functional groups attached to an aromatic ring is 1. The molecule has 7 heteroatoms. The van der Waals surface area contributed by atoms with Gasteiger partial charge in [0.15, 0.2) is 0 Å². The van der Waals surface area contributed by atoms with Crippen molar-refractivity contribution in [1.82, 2.24) is 4.98 Å². The molecule has 1 heterocycles. The van der Waals surface area contributed by atoms with Crippen LogP contribution in [0.15, 0.2) is 42.6 Å². The van der Waals surface area contributed by atoms with Crippen molar-refractivity contribution in [2.24, 2.45) is 0 Å². The zero-order valence-electron chi connectivity index (χ0n) is 10.9. The molecule has 0 amide bonds. The number of benzene rings is 1. The summed E-state index contributed by atoms with van der Waals surface area (Å²) in [6, 6.07) is 8.84. The summed E-state index contributed by atoms with van der Waals surface area (Å²) in [5.74, 6) is 0.262. The number of nitrogens with zero attached hydrogens (tertiary/aromatic N) is 1. The lowest BCUT2D eigenvalue weighted by Crippen LogP contribution is -2.13. The Morgan fingerprint density at radius 3 is 2.33 bits per heavy atom. The van der Waals surface area contributed by atoms with Gasteiger partial charge in [-0.15, -0.1) is 0 Å². The van der Waals surface area contributed by atoms with E-state index < -0.39 is 17.8 Å². The number of pyridine rings is 1. The number of alkyl halides is 3. The molecule has 0 fully saturated rings. The second kappa shape index (κ2) is 6.01. The first kappa shape index (κ1) is 15.1. The highest BCUT2D eigenvalue weighted by atomic mass is 19.4. The SMILES string of the molecule is Nc1ccc(C(O)CNc2ccc(C(F)(F)F)cn2)cc1. The van der Waals surface area contributed by atoms with Crippen LogP contribution >= 0.6 is 0 Å². The van der Waals surface area contributed by atoms with Crippen molar-refractivity contribution in [3.63, 3.8) is 0 Å². The maximum absolute atomic E-state index is 12.4. The third-order valence-corrected chi connectivity index (χ3v) is 2.89. The third-order valence-electron chi connectivity index (χ3n) is 2.89. The Balaban J connectivity index is 1.95. The molecule has 112 valence electrons. The van der Waals surface area contributed by atoms with Gasteiger partial charge in [-0.2, -0.15) is 13.2 Å². The third kappa shape index (κ3) is 4.09. The molecular weight excluding hydrogens is 283 g/mol. The first-order valence-corrected chi connectivity index (χ1v) is 6.17. The van der Waals surface area contributed by atoms with Crippen LogP contribution in [0, 0.1) is 0 Å². The quantitative estimate of drug-likeness (QED) is 0.759. The van der Waals surface area contributed by atoms with Gasteiger partial charge in [0.25, 0.3) is 0 Å². The lowest BCUT2D eigenvalue weighted by molar-refractivity contribution is -0.137. The van der Waals surface area contributed by atoms with Crippen LogP contribution in [0.5, 0.6) is 0 Å². The Labute approximate surface area is 119 Å². The molecular formula is C14H14F3N3O. The fraction of sp³-hybridized carbons (Fsp3) is 0.214. The Morgan fingerprint density at radius 1 is 1.14 bits per heavy atom. The summed E-state index contributed by atoms with van der Waals surface area (Å²) in [4.78, 5) is 3.66. The average Bonchev–Trinajstić information content (AvgIpc) is 2.45. The number of rotatable bonds is 4. The minimum absolute atomic E-state index is 0.127. The molecule has 0 aliphatic rings. The van der Waals surface area contributed by atoms with Gasteiger partial charge in [0.1, 0.15) is 5.82 Å². The minimum atomic E-state index is -4.41. The van der Waals surface area contributed by atoms with E-state index in [0.717, 1.165) is 12.3 Å². The summed E-state index contributed by atoms with van der Waals surface area (Å²) in [7, 11) is 0. The second-order valence-electron chi connectivity index (χ2n) is 4.49. The van der Waals surface area contributed by atoms with Crippen LogP contribution in [-0.2, 0) is 6.18 Å². The number of hydrogen-bond donors (Lipinski definition) is 3. The molecule has 0 saturated carbocycles. The van der Waals surface area contributed by atoms with Crippen LogP contribution < -0.4 is 11.1 Å². The number of hydrogen-bond acceptors (Lipinski definition) is 4. The predicted octanol–water partition coefficient (Wildman–Crippen LogP) is 2.83. The molecule has 21 heavy (non-hydrogen) atoms. The van der Waals surface area contributed by atoms with Crippen molar-refractivity contribution in [2.75, 3.05) is 17.6 Å². The van der Waals surface area contributed by atoms with E-state index in [9.17, 15) is 18.3 Å². The van der Waals surface area contributed by atoms with Crippen LogP contribution in [0.1, 0.15) is 17.2 Å². The number of anilines is 2. The number of aliphatic hydroxyl groups excluding tert-OH is 1. The summed E-state index contributed by atoms with van der Waals surface area (Å²) >= 11 is 0. The molecule has 0 aliphatic carbocycles. The summed E-state index contributed by atoms with van der Waals surface area (Å²) in [6.07, 6.45) is -4.47. The van der Waals surface area contributed by atoms with Gasteiger partial charge in [0.2, 0.25) is 0 Å².